The summed E-state index contributed by atoms with van der Waals surface area (Å²) in [4.78, 5) is 10.5. The zero-order valence-corrected chi connectivity index (χ0v) is 24.2. The van der Waals surface area contributed by atoms with E-state index in [1.807, 2.05) is 0 Å². The standard InChI is InChI=1S/C37H30N6/c1-3-4-13-25-14-10-22-33-35(25)39-37-41(29-18-6-8-20-31(29)43(33)37)27-16-11-15-26(23-27)40-28-17-5-7-19-30(28)42-32-21-9-12-24(2)34(32)38-36(40)42/h5-12,14-23H,3-4,13H2,1-2H3. The molecule has 0 N–H and O–H groups in total. The van der Waals surface area contributed by atoms with E-state index >= 15 is 0 Å². The SMILES string of the molecule is CCCCc1cccc2c1nc1n(-c3cccc(-n4c5ccccc5n5c6cccc(C)c6nc45)c3)c3ccccc3n21. The van der Waals surface area contributed by atoms with Crippen molar-refractivity contribution in [2.45, 2.75) is 33.1 Å². The molecule has 6 nitrogen and oxygen atoms in total. The Morgan fingerprint density at radius 3 is 1.67 bits per heavy atom. The van der Waals surface area contributed by atoms with Gasteiger partial charge in [-0.05, 0) is 85.5 Å². The minimum Gasteiger partial charge on any atom is -0.278 e. The molecular formula is C37H30N6. The molecule has 0 radical (unpaired) electrons. The van der Waals surface area contributed by atoms with Gasteiger partial charge in [-0.1, -0.05) is 67.9 Å². The van der Waals surface area contributed by atoms with E-state index < -0.39 is 0 Å². The molecule has 5 aromatic carbocycles. The number of unbranched alkanes of at least 4 members (excludes halogenated alkanes) is 1. The van der Waals surface area contributed by atoms with Crippen LogP contribution in [-0.2, 0) is 6.42 Å². The maximum absolute atomic E-state index is 5.32. The third-order valence-corrected chi connectivity index (χ3v) is 8.89. The van der Waals surface area contributed by atoms with Gasteiger partial charge in [0.15, 0.2) is 0 Å². The Morgan fingerprint density at radius 2 is 1.05 bits per heavy atom. The second-order valence-electron chi connectivity index (χ2n) is 11.5. The van der Waals surface area contributed by atoms with Crippen LogP contribution < -0.4 is 0 Å². The molecule has 0 unspecified atom stereocenters. The van der Waals surface area contributed by atoms with E-state index in [0.29, 0.717) is 0 Å². The molecule has 208 valence electrons. The number of benzene rings is 5. The van der Waals surface area contributed by atoms with E-state index in [1.54, 1.807) is 0 Å². The van der Waals surface area contributed by atoms with Gasteiger partial charge in [0.25, 0.3) is 0 Å². The molecule has 0 spiro atoms. The number of hydrogen-bond acceptors (Lipinski definition) is 2. The smallest absolute Gasteiger partial charge is 0.220 e. The summed E-state index contributed by atoms with van der Waals surface area (Å²) < 4.78 is 9.19. The van der Waals surface area contributed by atoms with Crippen molar-refractivity contribution in [3.63, 3.8) is 0 Å². The van der Waals surface area contributed by atoms with Crippen LogP contribution in [0.4, 0.5) is 0 Å². The van der Waals surface area contributed by atoms with Crippen LogP contribution in [0.1, 0.15) is 30.9 Å². The zero-order chi connectivity index (χ0) is 28.7. The van der Waals surface area contributed by atoms with Crippen LogP contribution in [-0.4, -0.2) is 27.9 Å². The summed E-state index contributed by atoms with van der Waals surface area (Å²) in [6.07, 6.45) is 3.36. The third kappa shape index (κ3) is 3.35. The van der Waals surface area contributed by atoms with E-state index in [1.165, 1.54) is 17.5 Å². The van der Waals surface area contributed by atoms with E-state index in [9.17, 15) is 0 Å². The summed E-state index contributed by atoms with van der Waals surface area (Å²) in [5, 5.41) is 0. The lowest BCUT2D eigenvalue weighted by Gasteiger charge is -2.10. The molecule has 9 rings (SSSR count). The Kier molecular flexibility index (Phi) is 5.12. The topological polar surface area (TPSA) is 44.5 Å². The molecule has 0 aliphatic rings. The van der Waals surface area contributed by atoms with Crippen LogP contribution in [0.15, 0.2) is 109 Å². The fourth-order valence-corrected chi connectivity index (χ4v) is 6.90. The molecule has 43 heavy (non-hydrogen) atoms. The van der Waals surface area contributed by atoms with Gasteiger partial charge in [-0.2, -0.15) is 0 Å². The molecule has 0 saturated heterocycles. The number of aromatic nitrogens is 6. The molecule has 9 aromatic rings. The van der Waals surface area contributed by atoms with Gasteiger partial charge >= 0.3 is 0 Å². The van der Waals surface area contributed by atoms with Gasteiger partial charge in [-0.15, -0.1) is 0 Å². The van der Waals surface area contributed by atoms with Crippen LogP contribution in [0.3, 0.4) is 0 Å². The molecule has 0 saturated carbocycles. The number of hydrogen-bond donors (Lipinski definition) is 0. The summed E-state index contributed by atoms with van der Waals surface area (Å²) >= 11 is 0. The van der Waals surface area contributed by atoms with Crippen molar-refractivity contribution in [2.24, 2.45) is 0 Å². The lowest BCUT2D eigenvalue weighted by atomic mass is 10.1. The molecule has 6 heteroatoms. The first-order valence-electron chi connectivity index (χ1n) is 15.1. The van der Waals surface area contributed by atoms with Crippen molar-refractivity contribution in [1.82, 2.24) is 27.9 Å². The molecule has 0 amide bonds. The van der Waals surface area contributed by atoms with Crippen LogP contribution in [0.5, 0.6) is 0 Å². The van der Waals surface area contributed by atoms with Gasteiger partial charge in [0.05, 0.1) is 55.5 Å². The third-order valence-electron chi connectivity index (χ3n) is 8.89. The van der Waals surface area contributed by atoms with Crippen molar-refractivity contribution >= 4 is 55.7 Å². The van der Waals surface area contributed by atoms with Gasteiger partial charge in [-0.25, -0.2) is 9.97 Å². The van der Waals surface area contributed by atoms with E-state index in [0.717, 1.165) is 79.9 Å². The second kappa shape index (κ2) is 9.07. The molecule has 4 heterocycles. The van der Waals surface area contributed by atoms with Crippen molar-refractivity contribution in [3.8, 4) is 11.4 Å². The molecule has 0 atom stereocenters. The Labute approximate surface area is 248 Å². The average molecular weight is 559 g/mol. The van der Waals surface area contributed by atoms with Crippen LogP contribution in [0, 0.1) is 6.92 Å². The van der Waals surface area contributed by atoms with Crippen LogP contribution >= 0.6 is 0 Å². The van der Waals surface area contributed by atoms with Crippen molar-refractivity contribution in [2.75, 3.05) is 0 Å². The van der Waals surface area contributed by atoms with E-state index in [4.69, 9.17) is 9.97 Å². The Morgan fingerprint density at radius 1 is 0.535 bits per heavy atom. The van der Waals surface area contributed by atoms with Crippen molar-refractivity contribution in [3.05, 3.63) is 120 Å². The minimum absolute atomic E-state index is 0.914. The lowest BCUT2D eigenvalue weighted by Crippen LogP contribution is -1.99. The molecule has 0 aliphatic heterocycles. The number of imidazole rings is 4. The van der Waals surface area contributed by atoms with Crippen LogP contribution in [0.2, 0.25) is 0 Å². The second-order valence-corrected chi connectivity index (χ2v) is 11.5. The summed E-state index contributed by atoms with van der Waals surface area (Å²) in [7, 11) is 0. The van der Waals surface area contributed by atoms with E-state index in [-0.39, 0.29) is 0 Å². The fourth-order valence-electron chi connectivity index (χ4n) is 6.90. The first kappa shape index (κ1) is 24.3. The van der Waals surface area contributed by atoms with Gasteiger partial charge < -0.3 is 0 Å². The quantitative estimate of drug-likeness (QED) is 0.212. The first-order valence-corrected chi connectivity index (χ1v) is 15.1. The predicted molar refractivity (Wildman–Crippen MR) is 176 cm³/mol. The largest absolute Gasteiger partial charge is 0.278 e. The minimum atomic E-state index is 0.914. The van der Waals surface area contributed by atoms with Crippen molar-refractivity contribution in [1.29, 1.82) is 0 Å². The normalized spacial score (nSPS) is 12.2. The Balaban J connectivity index is 1.33. The monoisotopic (exact) mass is 558 g/mol. The highest BCUT2D eigenvalue weighted by atomic mass is 15.2. The molecular weight excluding hydrogens is 528 g/mol. The van der Waals surface area contributed by atoms with Gasteiger partial charge in [0.1, 0.15) is 0 Å². The highest BCUT2D eigenvalue weighted by Crippen LogP contribution is 2.34. The Hall–Kier alpha value is -5.36. The summed E-state index contributed by atoms with van der Waals surface area (Å²) in [5.74, 6) is 1.85. The highest BCUT2D eigenvalue weighted by Gasteiger charge is 2.21. The number of fused-ring (bicyclic) bond motifs is 10. The Bertz CT molecular complexity index is 2520. The van der Waals surface area contributed by atoms with Gasteiger partial charge in [0, 0.05) is 0 Å². The highest BCUT2D eigenvalue weighted by molar-refractivity contribution is 5.95. The molecule has 0 aliphatic carbocycles. The molecule has 0 bridgehead atoms. The summed E-state index contributed by atoms with van der Waals surface area (Å²) in [6.45, 7) is 4.37. The van der Waals surface area contributed by atoms with E-state index in [2.05, 4.69) is 141 Å². The molecule has 4 aromatic heterocycles. The number of nitrogens with zero attached hydrogens (tertiary/aromatic N) is 6. The summed E-state index contributed by atoms with van der Waals surface area (Å²) in [6, 6.07) is 39.0. The van der Waals surface area contributed by atoms with Crippen molar-refractivity contribution < 1.29 is 0 Å². The lowest BCUT2D eigenvalue weighted by molar-refractivity contribution is 0.798. The fraction of sp³-hybridized carbons (Fsp3) is 0.135. The average Bonchev–Trinajstić information content (AvgIpc) is 3.77. The van der Waals surface area contributed by atoms with Crippen LogP contribution in [0.25, 0.3) is 67.1 Å². The zero-order valence-electron chi connectivity index (χ0n) is 24.2. The maximum Gasteiger partial charge on any atom is 0.220 e. The molecule has 0 fully saturated rings. The first-order chi connectivity index (χ1) is 21.2. The summed E-state index contributed by atoms with van der Waals surface area (Å²) in [5.41, 5.74) is 13.6. The number of para-hydroxylation sites is 6. The predicted octanol–water partition coefficient (Wildman–Crippen LogP) is 8.83. The van der Waals surface area contributed by atoms with Gasteiger partial charge in [-0.3, -0.25) is 17.9 Å². The number of rotatable bonds is 5. The maximum atomic E-state index is 5.32. The van der Waals surface area contributed by atoms with Gasteiger partial charge in [0.2, 0.25) is 11.6 Å². The number of aryl methyl sites for hydroxylation is 2.